The van der Waals surface area contributed by atoms with E-state index >= 15 is 0 Å². The molecule has 1 aromatic rings. The lowest BCUT2D eigenvalue weighted by Gasteiger charge is -2.35. The number of benzene rings is 1. The molecule has 2 nitrogen and oxygen atoms in total. The molecule has 0 aromatic heterocycles. The molecular weight excluding hydrogens is 208 g/mol. The predicted molar refractivity (Wildman–Crippen MR) is 72.9 cm³/mol. The average molecular weight is 232 g/mol. The summed E-state index contributed by atoms with van der Waals surface area (Å²) in [5, 5.41) is 0. The summed E-state index contributed by atoms with van der Waals surface area (Å²) in [6.45, 7) is 10.4. The van der Waals surface area contributed by atoms with E-state index in [1.54, 1.807) is 0 Å². The first-order valence-electron chi connectivity index (χ1n) is 6.78. The highest BCUT2D eigenvalue weighted by atomic mass is 15.3. The summed E-state index contributed by atoms with van der Waals surface area (Å²) in [5.41, 5.74) is 2.79. The van der Waals surface area contributed by atoms with E-state index in [2.05, 4.69) is 47.9 Å². The quantitative estimate of drug-likeness (QED) is 0.787. The van der Waals surface area contributed by atoms with Crippen LogP contribution in [-0.2, 0) is 6.54 Å². The van der Waals surface area contributed by atoms with Crippen molar-refractivity contribution in [2.45, 2.75) is 33.2 Å². The van der Waals surface area contributed by atoms with E-state index in [-0.39, 0.29) is 0 Å². The Morgan fingerprint density at radius 1 is 1.06 bits per heavy atom. The third kappa shape index (κ3) is 3.83. The van der Waals surface area contributed by atoms with E-state index < -0.39 is 0 Å². The lowest BCUT2D eigenvalue weighted by Crippen LogP contribution is -2.44. The molecule has 0 atom stereocenters. The Bertz CT molecular complexity index is 329. The van der Waals surface area contributed by atoms with Crippen molar-refractivity contribution in [2.24, 2.45) is 0 Å². The van der Waals surface area contributed by atoms with Gasteiger partial charge in [0.25, 0.3) is 0 Å². The monoisotopic (exact) mass is 232 g/mol. The highest BCUT2D eigenvalue weighted by Gasteiger charge is 2.16. The van der Waals surface area contributed by atoms with Crippen molar-refractivity contribution in [1.82, 2.24) is 9.80 Å². The highest BCUT2D eigenvalue weighted by Crippen LogP contribution is 2.12. The van der Waals surface area contributed by atoms with Crippen LogP contribution in [-0.4, -0.2) is 36.1 Å². The molecule has 0 spiro atoms. The van der Waals surface area contributed by atoms with Crippen molar-refractivity contribution in [3.05, 3.63) is 35.4 Å². The normalized spacial score (nSPS) is 18.5. The molecule has 2 rings (SSSR count). The van der Waals surface area contributed by atoms with Gasteiger partial charge < -0.3 is 0 Å². The fraction of sp³-hybridized carbons (Fsp3) is 0.600. The van der Waals surface area contributed by atoms with Crippen molar-refractivity contribution < 1.29 is 0 Å². The van der Waals surface area contributed by atoms with Gasteiger partial charge >= 0.3 is 0 Å². The van der Waals surface area contributed by atoms with Crippen LogP contribution in [0.5, 0.6) is 0 Å². The van der Waals surface area contributed by atoms with Gasteiger partial charge in [-0.05, 0) is 31.9 Å². The summed E-state index contributed by atoms with van der Waals surface area (Å²) in [6, 6.07) is 8.94. The topological polar surface area (TPSA) is 6.48 Å². The van der Waals surface area contributed by atoms with Gasteiger partial charge in [0.05, 0.1) is 6.67 Å². The highest BCUT2D eigenvalue weighted by molar-refractivity contribution is 5.21. The maximum Gasteiger partial charge on any atom is 0.0509 e. The van der Waals surface area contributed by atoms with E-state index in [1.165, 1.54) is 43.6 Å². The second kappa shape index (κ2) is 6.18. The van der Waals surface area contributed by atoms with Crippen LogP contribution in [0.1, 0.15) is 30.9 Å². The molecule has 1 heterocycles. The molecule has 1 aliphatic heterocycles. The smallest absolute Gasteiger partial charge is 0.0509 e. The van der Waals surface area contributed by atoms with Crippen molar-refractivity contribution in [3.8, 4) is 0 Å². The fourth-order valence-corrected chi connectivity index (χ4v) is 2.52. The number of hydrogen-bond acceptors (Lipinski definition) is 2. The summed E-state index contributed by atoms with van der Waals surface area (Å²) in [7, 11) is 0. The molecule has 0 aliphatic carbocycles. The third-order valence-corrected chi connectivity index (χ3v) is 3.42. The van der Waals surface area contributed by atoms with Gasteiger partial charge in [-0.2, -0.15) is 0 Å². The Labute approximate surface area is 105 Å². The van der Waals surface area contributed by atoms with E-state index in [0.717, 1.165) is 13.2 Å². The minimum Gasteiger partial charge on any atom is -0.290 e. The molecule has 0 saturated carbocycles. The first kappa shape index (κ1) is 12.6. The lowest BCUT2D eigenvalue weighted by molar-refractivity contribution is 0.0804. The third-order valence-electron chi connectivity index (χ3n) is 3.42. The zero-order valence-corrected chi connectivity index (χ0v) is 11.2. The largest absolute Gasteiger partial charge is 0.290 e. The van der Waals surface area contributed by atoms with Crippen molar-refractivity contribution in [2.75, 3.05) is 26.3 Å². The van der Waals surface area contributed by atoms with E-state index in [9.17, 15) is 0 Å². The molecule has 1 fully saturated rings. The Morgan fingerprint density at radius 2 is 1.76 bits per heavy atom. The molecular formula is C15H24N2. The van der Waals surface area contributed by atoms with Gasteiger partial charge in [-0.1, -0.05) is 36.8 Å². The summed E-state index contributed by atoms with van der Waals surface area (Å²) in [4.78, 5) is 5.13. The van der Waals surface area contributed by atoms with Gasteiger partial charge in [0.1, 0.15) is 0 Å². The second-order valence-corrected chi connectivity index (χ2v) is 5.15. The molecule has 1 saturated heterocycles. The Morgan fingerprint density at radius 3 is 2.47 bits per heavy atom. The minimum absolute atomic E-state index is 1.10. The van der Waals surface area contributed by atoms with Gasteiger partial charge in [-0.25, -0.2) is 0 Å². The molecule has 0 radical (unpaired) electrons. The standard InChI is InChI=1S/C15H24N2/c1-3-9-16-10-4-11-17(13-16)12-15-7-5-14(2)6-8-15/h5-8H,3-4,9-13H2,1-2H3. The van der Waals surface area contributed by atoms with Gasteiger partial charge in [0.2, 0.25) is 0 Å². The van der Waals surface area contributed by atoms with Gasteiger partial charge in [0.15, 0.2) is 0 Å². The van der Waals surface area contributed by atoms with Crippen molar-refractivity contribution >= 4 is 0 Å². The SMILES string of the molecule is CCCN1CCCN(Cc2ccc(C)cc2)C1. The Hall–Kier alpha value is -0.860. The summed E-state index contributed by atoms with van der Waals surface area (Å²) >= 11 is 0. The molecule has 2 heteroatoms. The van der Waals surface area contributed by atoms with Crippen LogP contribution in [0, 0.1) is 6.92 Å². The van der Waals surface area contributed by atoms with Crippen LogP contribution < -0.4 is 0 Å². The summed E-state index contributed by atoms with van der Waals surface area (Å²) in [5.74, 6) is 0. The Kier molecular flexibility index (Phi) is 4.57. The summed E-state index contributed by atoms with van der Waals surface area (Å²) in [6.07, 6.45) is 2.57. The first-order valence-corrected chi connectivity index (χ1v) is 6.78. The molecule has 0 unspecified atom stereocenters. The molecule has 0 bridgehead atoms. The number of hydrogen-bond donors (Lipinski definition) is 0. The number of aryl methyl sites for hydroxylation is 1. The van der Waals surface area contributed by atoms with Crippen LogP contribution in [0.25, 0.3) is 0 Å². The molecule has 1 aliphatic rings. The molecule has 17 heavy (non-hydrogen) atoms. The van der Waals surface area contributed by atoms with Crippen LogP contribution >= 0.6 is 0 Å². The molecule has 94 valence electrons. The van der Waals surface area contributed by atoms with Gasteiger partial charge in [-0.3, -0.25) is 9.80 Å². The second-order valence-electron chi connectivity index (χ2n) is 5.15. The van der Waals surface area contributed by atoms with Gasteiger partial charge in [0, 0.05) is 19.6 Å². The van der Waals surface area contributed by atoms with Crippen LogP contribution in [0.3, 0.4) is 0 Å². The first-order chi connectivity index (χ1) is 8.28. The number of nitrogens with zero attached hydrogens (tertiary/aromatic N) is 2. The fourth-order valence-electron chi connectivity index (χ4n) is 2.52. The summed E-state index contributed by atoms with van der Waals surface area (Å²) < 4.78 is 0. The van der Waals surface area contributed by atoms with Gasteiger partial charge in [-0.15, -0.1) is 0 Å². The molecule has 0 amide bonds. The maximum atomic E-state index is 2.57. The van der Waals surface area contributed by atoms with Crippen molar-refractivity contribution in [1.29, 1.82) is 0 Å². The van der Waals surface area contributed by atoms with E-state index in [1.807, 2.05) is 0 Å². The average Bonchev–Trinajstić information content (AvgIpc) is 2.33. The van der Waals surface area contributed by atoms with E-state index in [4.69, 9.17) is 0 Å². The van der Waals surface area contributed by atoms with Crippen LogP contribution in [0.2, 0.25) is 0 Å². The molecule has 1 aromatic carbocycles. The predicted octanol–water partition coefficient (Wildman–Crippen LogP) is 2.87. The van der Waals surface area contributed by atoms with Crippen LogP contribution in [0.15, 0.2) is 24.3 Å². The van der Waals surface area contributed by atoms with Crippen molar-refractivity contribution in [3.63, 3.8) is 0 Å². The minimum atomic E-state index is 1.10. The number of rotatable bonds is 4. The van der Waals surface area contributed by atoms with Crippen LogP contribution in [0.4, 0.5) is 0 Å². The Balaban J connectivity index is 1.87. The molecule has 0 N–H and O–H groups in total. The zero-order chi connectivity index (χ0) is 12.1. The lowest BCUT2D eigenvalue weighted by atomic mass is 10.1. The van der Waals surface area contributed by atoms with E-state index in [0.29, 0.717) is 0 Å². The maximum absolute atomic E-state index is 2.57. The zero-order valence-electron chi connectivity index (χ0n) is 11.2.